The van der Waals surface area contributed by atoms with Crippen LogP contribution in [0.4, 0.5) is 22.7 Å². The van der Waals surface area contributed by atoms with Gasteiger partial charge in [-0.1, -0.05) is 43.2 Å². The van der Waals surface area contributed by atoms with Gasteiger partial charge in [-0.25, -0.2) is 0 Å². The van der Waals surface area contributed by atoms with Crippen molar-refractivity contribution in [3.8, 4) is 11.5 Å². The van der Waals surface area contributed by atoms with Gasteiger partial charge < -0.3 is 14.5 Å². The summed E-state index contributed by atoms with van der Waals surface area (Å²) in [4.78, 5) is 26.9. The van der Waals surface area contributed by atoms with Gasteiger partial charge in [0, 0.05) is 35.6 Å². The Hall–Kier alpha value is -4.38. The summed E-state index contributed by atoms with van der Waals surface area (Å²) in [6.45, 7) is 1.78. The van der Waals surface area contributed by atoms with Crippen molar-refractivity contribution in [1.82, 2.24) is 0 Å². The molecular weight excluding hydrogens is 460 g/mol. The Bertz CT molecular complexity index is 1350. The number of unbranched alkanes of at least 4 members (excludes halogenated alkanes) is 3. The zero-order chi connectivity index (χ0) is 25.5. The molecule has 4 aromatic rings. The third-order valence-electron chi connectivity index (χ3n) is 6.71. The van der Waals surface area contributed by atoms with Gasteiger partial charge in [-0.15, -0.1) is 0 Å². The molecule has 0 spiro atoms. The molecule has 0 N–H and O–H groups in total. The van der Waals surface area contributed by atoms with Crippen molar-refractivity contribution in [1.29, 1.82) is 0 Å². The SMILES string of the molecule is O=Cc1ccc(N(CCCCCCN2c3ccccc3Oc3cc(C=O)ccc32)c2ccccc2)cc1. The Balaban J connectivity index is 1.20. The summed E-state index contributed by atoms with van der Waals surface area (Å²) in [6.07, 6.45) is 6.05. The average Bonchev–Trinajstić information content (AvgIpc) is 2.96. The molecule has 4 aromatic carbocycles. The quantitative estimate of drug-likeness (QED) is 0.158. The minimum absolute atomic E-state index is 0.613. The van der Waals surface area contributed by atoms with Gasteiger partial charge in [0.2, 0.25) is 0 Å². The molecule has 37 heavy (non-hydrogen) atoms. The zero-order valence-corrected chi connectivity index (χ0v) is 20.8. The largest absolute Gasteiger partial charge is 0.453 e. The smallest absolute Gasteiger partial charge is 0.151 e. The summed E-state index contributed by atoms with van der Waals surface area (Å²) in [7, 11) is 0. The lowest BCUT2D eigenvalue weighted by Crippen LogP contribution is -2.22. The predicted molar refractivity (Wildman–Crippen MR) is 149 cm³/mol. The van der Waals surface area contributed by atoms with Crippen LogP contribution in [0.15, 0.2) is 97.1 Å². The van der Waals surface area contributed by atoms with Crippen LogP contribution < -0.4 is 14.5 Å². The lowest BCUT2D eigenvalue weighted by atomic mass is 10.1. The van der Waals surface area contributed by atoms with Crippen LogP contribution in [0.3, 0.4) is 0 Å². The van der Waals surface area contributed by atoms with E-state index in [1.165, 1.54) is 0 Å². The highest BCUT2D eigenvalue weighted by Gasteiger charge is 2.24. The Labute approximate surface area is 217 Å². The maximum atomic E-state index is 11.3. The highest BCUT2D eigenvalue weighted by molar-refractivity contribution is 5.83. The van der Waals surface area contributed by atoms with Crippen LogP contribution in [0.1, 0.15) is 46.4 Å². The summed E-state index contributed by atoms with van der Waals surface area (Å²) in [6, 6.07) is 31.8. The second-order valence-corrected chi connectivity index (χ2v) is 9.18. The van der Waals surface area contributed by atoms with E-state index in [4.69, 9.17) is 4.74 Å². The fourth-order valence-electron chi connectivity index (χ4n) is 4.81. The van der Waals surface area contributed by atoms with Crippen LogP contribution >= 0.6 is 0 Å². The molecule has 0 radical (unpaired) electrons. The number of fused-ring (bicyclic) bond motifs is 2. The molecule has 0 amide bonds. The number of benzene rings is 4. The monoisotopic (exact) mass is 490 g/mol. The highest BCUT2D eigenvalue weighted by atomic mass is 16.5. The third kappa shape index (κ3) is 5.56. The molecule has 0 aliphatic carbocycles. The van der Waals surface area contributed by atoms with Crippen LogP contribution in [0, 0.1) is 0 Å². The number of anilines is 4. The first kappa shape index (κ1) is 24.3. The molecule has 0 saturated carbocycles. The van der Waals surface area contributed by atoms with E-state index in [2.05, 4.69) is 40.1 Å². The number of para-hydroxylation sites is 3. The van der Waals surface area contributed by atoms with Crippen molar-refractivity contribution in [2.24, 2.45) is 0 Å². The highest BCUT2D eigenvalue weighted by Crippen LogP contribution is 2.46. The normalized spacial score (nSPS) is 11.7. The van der Waals surface area contributed by atoms with Crippen LogP contribution in [0.2, 0.25) is 0 Å². The van der Waals surface area contributed by atoms with Crippen molar-refractivity contribution >= 4 is 35.3 Å². The molecular formula is C32H30N2O3. The number of carbonyl (C=O) groups is 2. The van der Waals surface area contributed by atoms with E-state index in [1.807, 2.05) is 66.7 Å². The fraction of sp³-hybridized carbons (Fsp3) is 0.188. The van der Waals surface area contributed by atoms with E-state index in [1.54, 1.807) is 0 Å². The first-order valence-electron chi connectivity index (χ1n) is 12.8. The second kappa shape index (κ2) is 11.6. The molecule has 0 atom stereocenters. The molecule has 1 heterocycles. The average molecular weight is 491 g/mol. The Morgan fingerprint density at radius 1 is 0.622 bits per heavy atom. The number of hydrogen-bond donors (Lipinski definition) is 0. The van der Waals surface area contributed by atoms with E-state index in [0.29, 0.717) is 11.1 Å². The van der Waals surface area contributed by atoms with E-state index >= 15 is 0 Å². The van der Waals surface area contributed by atoms with E-state index in [0.717, 1.165) is 85.6 Å². The second-order valence-electron chi connectivity index (χ2n) is 9.18. The molecule has 0 fully saturated rings. The number of rotatable bonds is 11. The summed E-state index contributed by atoms with van der Waals surface area (Å²) < 4.78 is 6.09. The molecule has 5 heteroatoms. The van der Waals surface area contributed by atoms with Gasteiger partial charge in [-0.05, 0) is 79.6 Å². The van der Waals surface area contributed by atoms with Crippen molar-refractivity contribution in [3.63, 3.8) is 0 Å². The Morgan fingerprint density at radius 3 is 2.05 bits per heavy atom. The summed E-state index contributed by atoms with van der Waals surface area (Å²) >= 11 is 0. The molecule has 5 nitrogen and oxygen atoms in total. The maximum Gasteiger partial charge on any atom is 0.151 e. The molecule has 1 aliphatic rings. The fourth-order valence-corrected chi connectivity index (χ4v) is 4.81. The number of aldehydes is 2. The lowest BCUT2D eigenvalue weighted by molar-refractivity contribution is 0.111. The van der Waals surface area contributed by atoms with E-state index in [9.17, 15) is 9.59 Å². The van der Waals surface area contributed by atoms with Crippen molar-refractivity contribution < 1.29 is 14.3 Å². The topological polar surface area (TPSA) is 49.9 Å². The van der Waals surface area contributed by atoms with E-state index < -0.39 is 0 Å². The first-order chi connectivity index (χ1) is 18.3. The maximum absolute atomic E-state index is 11.3. The predicted octanol–water partition coefficient (Wildman–Crippen LogP) is 7.95. The zero-order valence-electron chi connectivity index (χ0n) is 20.8. The molecule has 5 rings (SSSR count). The van der Waals surface area contributed by atoms with Crippen molar-refractivity contribution in [2.45, 2.75) is 25.7 Å². The minimum Gasteiger partial charge on any atom is -0.453 e. The standard InChI is InChI=1S/C32H30N2O3/c35-23-25-14-17-28(18-15-25)33(27-10-4-3-5-11-27)20-8-1-2-9-21-34-29-12-6-7-13-31(29)37-32-22-26(24-36)16-19-30(32)34/h3-7,10-19,22-24H,1-2,8-9,20-21H2. The molecule has 186 valence electrons. The van der Waals surface area contributed by atoms with Crippen molar-refractivity contribution in [3.05, 3.63) is 108 Å². The van der Waals surface area contributed by atoms with Crippen LogP contribution in [-0.4, -0.2) is 25.7 Å². The van der Waals surface area contributed by atoms with Crippen molar-refractivity contribution in [2.75, 3.05) is 22.9 Å². The Morgan fingerprint density at radius 2 is 1.27 bits per heavy atom. The van der Waals surface area contributed by atoms with Gasteiger partial charge >= 0.3 is 0 Å². The lowest BCUT2D eigenvalue weighted by Gasteiger charge is -2.33. The van der Waals surface area contributed by atoms with Crippen LogP contribution in [0.25, 0.3) is 0 Å². The number of carbonyl (C=O) groups excluding carboxylic acids is 2. The van der Waals surface area contributed by atoms with Crippen LogP contribution in [-0.2, 0) is 0 Å². The van der Waals surface area contributed by atoms with Gasteiger partial charge in [0.05, 0.1) is 11.4 Å². The minimum atomic E-state index is 0.613. The third-order valence-corrected chi connectivity index (χ3v) is 6.71. The van der Waals surface area contributed by atoms with E-state index in [-0.39, 0.29) is 0 Å². The first-order valence-corrected chi connectivity index (χ1v) is 12.8. The van der Waals surface area contributed by atoms with Gasteiger partial charge in [0.25, 0.3) is 0 Å². The number of hydrogen-bond acceptors (Lipinski definition) is 5. The van der Waals surface area contributed by atoms with Gasteiger partial charge in [0.15, 0.2) is 11.5 Å². The summed E-state index contributed by atoms with van der Waals surface area (Å²) in [5, 5.41) is 0. The Kier molecular flexibility index (Phi) is 7.60. The van der Waals surface area contributed by atoms with Gasteiger partial charge in [-0.2, -0.15) is 0 Å². The molecule has 1 aliphatic heterocycles. The summed E-state index contributed by atoms with van der Waals surface area (Å²) in [5.74, 6) is 1.54. The molecule has 0 saturated heterocycles. The summed E-state index contributed by atoms with van der Waals surface area (Å²) in [5.41, 5.74) is 5.60. The number of nitrogens with zero attached hydrogens (tertiary/aromatic N) is 2. The van der Waals surface area contributed by atoms with Gasteiger partial charge in [-0.3, -0.25) is 9.59 Å². The van der Waals surface area contributed by atoms with Crippen LogP contribution in [0.5, 0.6) is 11.5 Å². The number of ether oxygens (including phenoxy) is 1. The molecule has 0 bridgehead atoms. The molecule has 0 aromatic heterocycles. The molecule has 0 unspecified atom stereocenters. The van der Waals surface area contributed by atoms with Gasteiger partial charge in [0.1, 0.15) is 12.6 Å².